The van der Waals surface area contributed by atoms with Gasteiger partial charge in [0.25, 0.3) is 5.91 Å². The van der Waals surface area contributed by atoms with Gasteiger partial charge in [-0.25, -0.2) is 0 Å². The summed E-state index contributed by atoms with van der Waals surface area (Å²) < 4.78 is 52.9. The van der Waals surface area contributed by atoms with Gasteiger partial charge in [0, 0.05) is 43.3 Å². The first kappa shape index (κ1) is 23.2. The van der Waals surface area contributed by atoms with Gasteiger partial charge < -0.3 is 24.2 Å². The molecular formula is C21H23F3N4O5. The summed E-state index contributed by atoms with van der Waals surface area (Å²) in [6.07, 6.45) is -3.35. The zero-order chi connectivity index (χ0) is 23.4. The Hall–Kier alpha value is -2.99. The van der Waals surface area contributed by atoms with Crippen molar-refractivity contribution in [3.05, 3.63) is 35.7 Å². The Kier molecular flexibility index (Phi) is 6.94. The van der Waals surface area contributed by atoms with E-state index in [0.717, 1.165) is 0 Å². The summed E-state index contributed by atoms with van der Waals surface area (Å²) >= 11 is 0. The second-order valence-corrected chi connectivity index (χ2v) is 7.86. The number of carbonyl (C=O) groups is 2. The van der Waals surface area contributed by atoms with E-state index in [2.05, 4.69) is 20.0 Å². The normalized spacial score (nSPS) is 20.0. The molecule has 2 amide bonds. The highest BCUT2D eigenvalue weighted by Crippen LogP contribution is 2.29. The number of rotatable bonds is 5. The lowest BCUT2D eigenvalue weighted by Crippen LogP contribution is -2.55. The number of benzene rings is 1. The van der Waals surface area contributed by atoms with Crippen LogP contribution in [0, 0.1) is 5.92 Å². The minimum absolute atomic E-state index is 0.0588. The molecule has 2 aliphatic heterocycles. The standard InChI is InChI=1S/C21H23F3N4O5/c22-21(23,24)20-26-17(27-33-20)13-1-3-14(4-2-13)18(29)25-11-16-12-32-10-7-28(16)19(30)15-5-8-31-9-6-15/h1-4,15-16H,5-12H2,(H,25,29)/t16-/m1/s1. The summed E-state index contributed by atoms with van der Waals surface area (Å²) in [4.78, 5) is 30.6. The third-order valence-electron chi connectivity index (χ3n) is 5.65. The quantitative estimate of drug-likeness (QED) is 0.717. The number of hydrogen-bond donors (Lipinski definition) is 1. The number of nitrogens with zero attached hydrogens (tertiary/aromatic N) is 3. The van der Waals surface area contributed by atoms with Gasteiger partial charge in [0.05, 0.1) is 19.3 Å². The van der Waals surface area contributed by atoms with Crippen molar-refractivity contribution in [2.24, 2.45) is 5.92 Å². The van der Waals surface area contributed by atoms with E-state index in [1.54, 1.807) is 4.90 Å². The van der Waals surface area contributed by atoms with Crippen molar-refractivity contribution in [3.8, 4) is 11.4 Å². The number of hydrogen-bond acceptors (Lipinski definition) is 7. The van der Waals surface area contributed by atoms with Crippen LogP contribution in [0.15, 0.2) is 28.8 Å². The molecule has 0 aliphatic carbocycles. The highest BCUT2D eigenvalue weighted by Gasteiger charge is 2.38. The van der Waals surface area contributed by atoms with Gasteiger partial charge in [-0.1, -0.05) is 17.3 Å². The topological polar surface area (TPSA) is 107 Å². The molecule has 1 atom stereocenters. The van der Waals surface area contributed by atoms with Gasteiger partial charge in [-0.15, -0.1) is 0 Å². The van der Waals surface area contributed by atoms with Crippen molar-refractivity contribution >= 4 is 11.8 Å². The third-order valence-corrected chi connectivity index (χ3v) is 5.65. The molecule has 178 valence electrons. The van der Waals surface area contributed by atoms with E-state index in [0.29, 0.717) is 51.4 Å². The van der Waals surface area contributed by atoms with Gasteiger partial charge in [0.1, 0.15) is 0 Å². The van der Waals surface area contributed by atoms with E-state index in [1.807, 2.05) is 0 Å². The second-order valence-electron chi connectivity index (χ2n) is 7.86. The van der Waals surface area contributed by atoms with Crippen LogP contribution in [-0.4, -0.2) is 72.4 Å². The number of halogens is 3. The predicted octanol–water partition coefficient (Wildman–Crippen LogP) is 2.14. The van der Waals surface area contributed by atoms with Crippen molar-refractivity contribution in [2.45, 2.75) is 25.1 Å². The van der Waals surface area contributed by atoms with E-state index >= 15 is 0 Å². The number of amides is 2. The van der Waals surface area contributed by atoms with Gasteiger partial charge in [-0.3, -0.25) is 9.59 Å². The molecule has 2 saturated heterocycles. The van der Waals surface area contributed by atoms with Crippen LogP contribution in [0.25, 0.3) is 11.4 Å². The fraction of sp³-hybridized carbons (Fsp3) is 0.524. The number of aromatic nitrogens is 2. The Labute approximate surface area is 187 Å². The van der Waals surface area contributed by atoms with Crippen LogP contribution in [0.4, 0.5) is 13.2 Å². The number of alkyl halides is 3. The summed E-state index contributed by atoms with van der Waals surface area (Å²) in [5, 5.41) is 6.13. The zero-order valence-electron chi connectivity index (χ0n) is 17.6. The molecule has 9 nitrogen and oxygen atoms in total. The molecule has 2 fully saturated rings. The maximum Gasteiger partial charge on any atom is 0.471 e. The van der Waals surface area contributed by atoms with E-state index in [4.69, 9.17) is 9.47 Å². The van der Waals surface area contributed by atoms with Crippen LogP contribution in [0.5, 0.6) is 0 Å². The van der Waals surface area contributed by atoms with Crippen LogP contribution in [0.1, 0.15) is 29.1 Å². The molecular weight excluding hydrogens is 445 g/mol. The molecule has 0 bridgehead atoms. The van der Waals surface area contributed by atoms with E-state index in [9.17, 15) is 22.8 Å². The zero-order valence-corrected chi connectivity index (χ0v) is 17.6. The van der Waals surface area contributed by atoms with Crippen molar-refractivity contribution in [3.63, 3.8) is 0 Å². The van der Waals surface area contributed by atoms with Gasteiger partial charge in [-0.2, -0.15) is 18.2 Å². The molecule has 2 aromatic rings. The first-order chi connectivity index (χ1) is 15.8. The third kappa shape index (κ3) is 5.50. The fourth-order valence-corrected chi connectivity index (χ4v) is 3.83. The Morgan fingerprint density at radius 3 is 2.48 bits per heavy atom. The van der Waals surface area contributed by atoms with Gasteiger partial charge in [0.15, 0.2) is 0 Å². The van der Waals surface area contributed by atoms with E-state index in [1.165, 1.54) is 24.3 Å². The Morgan fingerprint density at radius 1 is 1.09 bits per heavy atom. The number of nitrogens with one attached hydrogen (secondary N) is 1. The van der Waals surface area contributed by atoms with Crippen molar-refractivity contribution in [1.29, 1.82) is 0 Å². The highest BCUT2D eigenvalue weighted by molar-refractivity contribution is 5.94. The lowest BCUT2D eigenvalue weighted by atomic mass is 9.97. The first-order valence-corrected chi connectivity index (χ1v) is 10.6. The van der Waals surface area contributed by atoms with Crippen LogP contribution in [0.3, 0.4) is 0 Å². The molecule has 0 spiro atoms. The van der Waals surface area contributed by atoms with Gasteiger partial charge in [0.2, 0.25) is 11.7 Å². The lowest BCUT2D eigenvalue weighted by Gasteiger charge is -2.38. The van der Waals surface area contributed by atoms with Gasteiger partial charge in [-0.05, 0) is 25.0 Å². The summed E-state index contributed by atoms with van der Waals surface area (Å²) in [5.41, 5.74) is 0.581. The maximum absolute atomic E-state index is 12.9. The first-order valence-electron chi connectivity index (χ1n) is 10.6. The molecule has 12 heteroatoms. The minimum atomic E-state index is -4.73. The van der Waals surface area contributed by atoms with E-state index in [-0.39, 0.29) is 41.7 Å². The molecule has 33 heavy (non-hydrogen) atoms. The average Bonchev–Trinajstić information content (AvgIpc) is 3.34. The van der Waals surface area contributed by atoms with Crippen LogP contribution in [0.2, 0.25) is 0 Å². The molecule has 1 aromatic heterocycles. The fourth-order valence-electron chi connectivity index (χ4n) is 3.83. The second kappa shape index (κ2) is 9.87. The number of ether oxygens (including phenoxy) is 2. The van der Waals surface area contributed by atoms with Gasteiger partial charge >= 0.3 is 12.1 Å². The molecule has 0 unspecified atom stereocenters. The van der Waals surface area contributed by atoms with Crippen LogP contribution >= 0.6 is 0 Å². The number of carbonyl (C=O) groups excluding carboxylic acids is 2. The largest absolute Gasteiger partial charge is 0.471 e. The van der Waals surface area contributed by atoms with Crippen molar-refractivity contribution in [1.82, 2.24) is 20.4 Å². The van der Waals surface area contributed by atoms with Crippen LogP contribution in [-0.2, 0) is 20.4 Å². The molecule has 1 aromatic carbocycles. The van der Waals surface area contributed by atoms with Crippen molar-refractivity contribution in [2.75, 3.05) is 39.5 Å². The summed E-state index contributed by atoms with van der Waals surface area (Å²) in [7, 11) is 0. The summed E-state index contributed by atoms with van der Waals surface area (Å²) in [5.74, 6) is -2.06. The average molecular weight is 468 g/mol. The minimum Gasteiger partial charge on any atom is -0.381 e. The smallest absolute Gasteiger partial charge is 0.381 e. The lowest BCUT2D eigenvalue weighted by molar-refractivity contribution is -0.159. The summed E-state index contributed by atoms with van der Waals surface area (Å²) in [6.45, 7) is 2.60. The monoisotopic (exact) mass is 468 g/mol. The Bertz CT molecular complexity index is 973. The van der Waals surface area contributed by atoms with Crippen molar-refractivity contribution < 1.29 is 36.8 Å². The molecule has 2 aliphatic rings. The Balaban J connectivity index is 1.35. The Morgan fingerprint density at radius 2 is 1.82 bits per heavy atom. The molecule has 0 saturated carbocycles. The molecule has 0 radical (unpaired) electrons. The molecule has 3 heterocycles. The molecule has 1 N–H and O–H groups in total. The number of morpholine rings is 1. The SMILES string of the molecule is O=C(NC[C@@H]1COCCN1C(=O)C1CCOCC1)c1ccc(-c2noc(C(F)(F)F)n2)cc1. The maximum atomic E-state index is 12.9. The highest BCUT2D eigenvalue weighted by atomic mass is 19.4. The summed E-state index contributed by atoms with van der Waals surface area (Å²) in [6, 6.07) is 5.50. The predicted molar refractivity (Wildman–Crippen MR) is 107 cm³/mol. The van der Waals surface area contributed by atoms with Crippen LogP contribution < -0.4 is 5.32 Å². The molecule has 4 rings (SSSR count). The van der Waals surface area contributed by atoms with E-state index < -0.39 is 12.1 Å².